The molecule has 62 heavy (non-hydrogen) atoms. The number of aliphatic imine (C=N–C) groups is 1. The van der Waals surface area contributed by atoms with Crippen molar-refractivity contribution in [3.05, 3.63) is 135 Å². The van der Waals surface area contributed by atoms with Gasteiger partial charge in [-0.15, -0.1) is 31.7 Å². The number of hydrogen-bond donors (Lipinski definition) is 3. The second kappa shape index (κ2) is 16.1. The highest BCUT2D eigenvalue weighted by molar-refractivity contribution is 7.92. The highest BCUT2D eigenvalue weighted by Gasteiger charge is 2.33. The maximum absolute atomic E-state index is 13.3. The van der Waals surface area contributed by atoms with Crippen molar-refractivity contribution in [1.29, 1.82) is 5.26 Å². The van der Waals surface area contributed by atoms with Gasteiger partial charge in [0.05, 0.1) is 39.5 Å². The zero-order valence-corrected chi connectivity index (χ0v) is 36.6. The van der Waals surface area contributed by atoms with Gasteiger partial charge in [-0.25, -0.2) is 8.42 Å². The number of nitrogens with one attached hydrogen (secondary N) is 3. The largest absolute Gasteiger partial charge is 0.460 e. The summed E-state index contributed by atoms with van der Waals surface area (Å²) in [7, 11) is -3.96. The summed E-state index contributed by atoms with van der Waals surface area (Å²) in [6, 6.07) is 22.1. The lowest BCUT2D eigenvalue weighted by atomic mass is 9.98. The molecule has 0 radical (unpaired) electrons. The van der Waals surface area contributed by atoms with Crippen molar-refractivity contribution in [3.8, 4) is 22.3 Å². The molecule has 0 fully saturated rings. The molecule has 0 saturated heterocycles. The Balaban J connectivity index is 0.951. The molecule has 0 saturated carbocycles. The van der Waals surface area contributed by atoms with Gasteiger partial charge in [0, 0.05) is 39.7 Å². The number of sulfonamides is 1. The van der Waals surface area contributed by atoms with E-state index in [-0.39, 0.29) is 29.5 Å². The molecule has 314 valence electrons. The molecule has 17 heteroatoms. The number of H-pyrrole nitrogens is 1. The number of ether oxygens (including phenoxy) is 1. The van der Waals surface area contributed by atoms with Gasteiger partial charge in [0.15, 0.2) is 11.5 Å². The van der Waals surface area contributed by atoms with Crippen molar-refractivity contribution in [1.82, 2.24) is 35.3 Å². The predicted molar refractivity (Wildman–Crippen MR) is 236 cm³/mol. The lowest BCUT2D eigenvalue weighted by Gasteiger charge is -2.21. The number of aromatic amines is 1. The molecular weight excluding hydrogens is 825 g/mol. The maximum atomic E-state index is 13.3. The first-order valence-corrected chi connectivity index (χ1v) is 22.0. The Morgan fingerprint density at radius 2 is 1.65 bits per heavy atom. The zero-order valence-electron chi connectivity index (χ0n) is 35.0. The molecule has 0 unspecified atom stereocenters. The third-order valence-corrected chi connectivity index (χ3v) is 13.0. The Morgan fingerprint density at radius 3 is 2.32 bits per heavy atom. The average Bonchev–Trinajstić information content (AvgIpc) is 3.91. The number of esters is 1. The quantitative estimate of drug-likeness (QED) is 0.114. The number of anilines is 1. The van der Waals surface area contributed by atoms with E-state index in [2.05, 4.69) is 55.3 Å². The van der Waals surface area contributed by atoms with E-state index in [9.17, 15) is 23.3 Å². The first-order chi connectivity index (χ1) is 29.5. The molecule has 1 atom stereocenters. The van der Waals surface area contributed by atoms with Crippen LogP contribution in [0.5, 0.6) is 0 Å². The van der Waals surface area contributed by atoms with Gasteiger partial charge in [-0.3, -0.25) is 23.9 Å². The Bertz CT molecular complexity index is 3080. The number of benzene rings is 3. The molecule has 7 aromatic rings. The third kappa shape index (κ3) is 8.09. The molecule has 5 heterocycles. The van der Waals surface area contributed by atoms with Crippen molar-refractivity contribution < 1.29 is 22.7 Å². The summed E-state index contributed by atoms with van der Waals surface area (Å²) in [5, 5.41) is 31.2. The van der Waals surface area contributed by atoms with Crippen LogP contribution in [0.15, 0.2) is 88.9 Å². The second-order valence-corrected chi connectivity index (χ2v) is 18.9. The van der Waals surface area contributed by atoms with Gasteiger partial charge < -0.3 is 15.0 Å². The van der Waals surface area contributed by atoms with E-state index in [1.165, 1.54) is 12.1 Å². The van der Waals surface area contributed by atoms with Crippen LogP contribution in [0.2, 0.25) is 0 Å². The minimum atomic E-state index is -3.96. The fraction of sp³-hybridized carbons (Fsp3) is 0.244. The normalized spacial score (nSPS) is 13.7. The third-order valence-electron chi connectivity index (χ3n) is 10.5. The fourth-order valence-corrected chi connectivity index (χ4v) is 9.61. The number of carbonyl (C=O) groups excluding carboxylic acids is 2. The van der Waals surface area contributed by atoms with E-state index in [4.69, 9.17) is 9.73 Å². The van der Waals surface area contributed by atoms with Gasteiger partial charge in [0.25, 0.3) is 15.9 Å². The second-order valence-electron chi connectivity index (χ2n) is 16.0. The van der Waals surface area contributed by atoms with Gasteiger partial charge in [-0.2, -0.15) is 5.26 Å². The number of amides is 1. The molecule has 0 aliphatic carbocycles. The van der Waals surface area contributed by atoms with Crippen LogP contribution >= 0.6 is 11.3 Å². The molecule has 1 amide bonds. The lowest BCUT2D eigenvalue weighted by molar-refractivity contribution is -0.155. The molecule has 8 rings (SSSR count). The van der Waals surface area contributed by atoms with E-state index in [0.717, 1.165) is 43.4 Å². The highest BCUT2D eigenvalue weighted by Crippen LogP contribution is 2.40. The van der Waals surface area contributed by atoms with Crippen LogP contribution in [0, 0.1) is 39.0 Å². The monoisotopic (exact) mass is 866 g/mol. The number of aromatic nitrogens is 6. The van der Waals surface area contributed by atoms with Crippen molar-refractivity contribution in [2.45, 2.75) is 78.0 Å². The molecule has 15 nitrogen and oxygen atoms in total. The maximum Gasteiger partial charge on any atom is 0.308 e. The van der Waals surface area contributed by atoms with Crippen LogP contribution in [0.25, 0.3) is 27.2 Å². The van der Waals surface area contributed by atoms with E-state index in [1.54, 1.807) is 53.9 Å². The zero-order chi connectivity index (χ0) is 44.1. The molecule has 3 aromatic carbocycles. The number of thiophene rings is 1. The molecule has 0 bridgehead atoms. The van der Waals surface area contributed by atoms with E-state index in [0.29, 0.717) is 45.1 Å². The van der Waals surface area contributed by atoms with Gasteiger partial charge in [-0.05, 0) is 95.5 Å². The summed E-state index contributed by atoms with van der Waals surface area (Å²) in [4.78, 5) is 35.6. The summed E-state index contributed by atoms with van der Waals surface area (Å²) >= 11 is 1.63. The van der Waals surface area contributed by atoms with E-state index >= 15 is 0 Å². The molecule has 1 aliphatic rings. The minimum Gasteiger partial charge on any atom is -0.460 e. The Hall–Kier alpha value is -7.03. The topological polar surface area (TPSA) is 210 Å². The number of aryl methyl sites for hydroxylation is 3. The number of rotatable bonds is 10. The Morgan fingerprint density at radius 1 is 0.919 bits per heavy atom. The molecule has 3 N–H and O–H groups in total. The summed E-state index contributed by atoms with van der Waals surface area (Å²) in [5.74, 6) is 0.450. The van der Waals surface area contributed by atoms with Crippen molar-refractivity contribution in [2.24, 2.45) is 4.99 Å². The number of fused-ring (bicyclic) bond motifs is 4. The Kier molecular flexibility index (Phi) is 10.8. The van der Waals surface area contributed by atoms with Crippen molar-refractivity contribution in [2.75, 3.05) is 4.72 Å². The van der Waals surface area contributed by atoms with Crippen LogP contribution in [0.3, 0.4) is 0 Å². The van der Waals surface area contributed by atoms with Crippen LogP contribution in [-0.4, -0.2) is 61.6 Å². The Labute approximate surface area is 362 Å². The smallest absolute Gasteiger partial charge is 0.308 e. The van der Waals surface area contributed by atoms with Crippen LogP contribution in [-0.2, 0) is 26.1 Å². The van der Waals surface area contributed by atoms with Crippen LogP contribution in [0.4, 0.5) is 5.69 Å². The number of nitrogens with zero attached hydrogens (tertiary/aromatic N) is 7. The first-order valence-electron chi connectivity index (χ1n) is 19.7. The molecule has 4 aromatic heterocycles. The van der Waals surface area contributed by atoms with Gasteiger partial charge in [0.1, 0.15) is 28.5 Å². The summed E-state index contributed by atoms with van der Waals surface area (Å²) in [5.41, 5.74) is 7.20. The van der Waals surface area contributed by atoms with Crippen LogP contribution < -0.4 is 10.0 Å². The molecule has 1 aliphatic heterocycles. The van der Waals surface area contributed by atoms with Crippen molar-refractivity contribution in [3.63, 3.8) is 0 Å². The summed E-state index contributed by atoms with van der Waals surface area (Å²) in [6.07, 6.45) is 1.55. The number of carbonyl (C=O) groups is 2. The first kappa shape index (κ1) is 41.7. The van der Waals surface area contributed by atoms with Crippen LogP contribution in [0.1, 0.15) is 93.6 Å². The van der Waals surface area contributed by atoms with Gasteiger partial charge in [0.2, 0.25) is 0 Å². The SMILES string of the molecule is Cc1sc2c(c1C)C(c1ccc(-c3ccc(C(=O)NCc4ccc(S(=O)(=O)Nc5ccc(C)c6c(C#N)c[nH]c56)cc4)nn3)cc1)=N[C@@H](CC(=O)OC(C)(C)C)c1nnc(C)n1-2. The molecular formula is C45H42N10O5S2. The summed E-state index contributed by atoms with van der Waals surface area (Å²) in [6.45, 7) is 13.5. The van der Waals surface area contributed by atoms with E-state index < -0.39 is 27.6 Å². The van der Waals surface area contributed by atoms with Gasteiger partial charge in [-0.1, -0.05) is 42.5 Å². The fourth-order valence-electron chi connectivity index (χ4n) is 7.33. The minimum absolute atomic E-state index is 0.00649. The average molecular weight is 867 g/mol. The van der Waals surface area contributed by atoms with Gasteiger partial charge >= 0.3 is 5.97 Å². The standard InChI is InChI=1S/C45H42N10O5S2/c1-24-8-17-34(41-38(24)31(21-46)23-47-41)54-62(58,59)32-15-9-28(10-16-32)22-48-43(57)35-19-18-33(51-52-35)29-11-13-30(14-12-29)40-39-25(2)26(3)61-44(39)55-27(4)50-53-42(55)36(49-40)20-37(56)60-45(5,6)7/h8-19,23,36,47,54H,20,22H2,1-7H3,(H,48,57)/t36-/m0/s1. The van der Waals surface area contributed by atoms with Crippen molar-refractivity contribution >= 4 is 55.5 Å². The van der Waals surface area contributed by atoms with E-state index in [1.807, 2.05) is 63.5 Å². The highest BCUT2D eigenvalue weighted by atomic mass is 32.2. The lowest BCUT2D eigenvalue weighted by Crippen LogP contribution is -2.25. The summed E-state index contributed by atoms with van der Waals surface area (Å²) < 4.78 is 36.9. The number of nitriles is 1. The number of hydrogen-bond acceptors (Lipinski definition) is 12. The molecule has 0 spiro atoms. The predicted octanol–water partition coefficient (Wildman–Crippen LogP) is 7.73.